The number of nitrogen functional groups attached to an aromatic ring is 1. The SMILES string of the molecule is Nc1ccc2nc3n(c(=O)c2c1)CC/C3=C/c1ccc2c(c1)OCO2. The summed E-state index contributed by atoms with van der Waals surface area (Å²) >= 11 is 0. The summed E-state index contributed by atoms with van der Waals surface area (Å²) in [6.07, 6.45) is 2.82. The fourth-order valence-electron chi connectivity index (χ4n) is 3.38. The highest BCUT2D eigenvalue weighted by Crippen LogP contribution is 2.34. The Morgan fingerprint density at radius 2 is 2.00 bits per heavy atom. The lowest BCUT2D eigenvalue weighted by atomic mass is 10.1. The number of benzene rings is 2. The number of anilines is 1. The van der Waals surface area contributed by atoms with Crippen LogP contribution in [0, 0.1) is 0 Å². The predicted molar refractivity (Wildman–Crippen MR) is 95.5 cm³/mol. The maximum atomic E-state index is 12.7. The molecule has 3 aromatic rings. The molecule has 0 bridgehead atoms. The van der Waals surface area contributed by atoms with Gasteiger partial charge in [-0.15, -0.1) is 0 Å². The molecular formula is C19H15N3O3. The molecule has 2 aromatic carbocycles. The molecule has 0 unspecified atom stereocenters. The maximum absolute atomic E-state index is 12.7. The van der Waals surface area contributed by atoms with Crippen molar-refractivity contribution in [2.75, 3.05) is 12.5 Å². The molecule has 25 heavy (non-hydrogen) atoms. The van der Waals surface area contributed by atoms with Crippen LogP contribution in [0.3, 0.4) is 0 Å². The van der Waals surface area contributed by atoms with Crippen LogP contribution in [-0.2, 0) is 6.54 Å². The number of allylic oxidation sites excluding steroid dienone is 1. The van der Waals surface area contributed by atoms with Crippen LogP contribution in [0.4, 0.5) is 5.69 Å². The van der Waals surface area contributed by atoms with Crippen molar-refractivity contribution in [3.8, 4) is 11.5 Å². The number of hydrogen-bond donors (Lipinski definition) is 1. The lowest BCUT2D eigenvalue weighted by Crippen LogP contribution is -2.20. The first kappa shape index (κ1) is 14.1. The maximum Gasteiger partial charge on any atom is 0.261 e. The van der Waals surface area contributed by atoms with Gasteiger partial charge in [-0.3, -0.25) is 9.36 Å². The molecular weight excluding hydrogens is 318 g/mol. The molecule has 2 aliphatic rings. The number of ether oxygens (including phenoxy) is 2. The lowest BCUT2D eigenvalue weighted by Gasteiger charge is -2.06. The van der Waals surface area contributed by atoms with Crippen LogP contribution in [-0.4, -0.2) is 16.3 Å². The van der Waals surface area contributed by atoms with Crippen molar-refractivity contribution in [1.82, 2.24) is 9.55 Å². The van der Waals surface area contributed by atoms with E-state index in [1.54, 1.807) is 22.8 Å². The van der Waals surface area contributed by atoms with Crippen LogP contribution in [0.15, 0.2) is 41.2 Å². The van der Waals surface area contributed by atoms with Crippen LogP contribution in [0.1, 0.15) is 17.8 Å². The first-order valence-corrected chi connectivity index (χ1v) is 8.10. The van der Waals surface area contributed by atoms with Gasteiger partial charge in [0.05, 0.1) is 10.9 Å². The summed E-state index contributed by atoms with van der Waals surface area (Å²) in [7, 11) is 0. The molecule has 0 saturated heterocycles. The van der Waals surface area contributed by atoms with E-state index in [1.807, 2.05) is 18.2 Å². The minimum atomic E-state index is -0.0404. The molecule has 5 rings (SSSR count). The third-order valence-corrected chi connectivity index (χ3v) is 4.61. The molecule has 0 saturated carbocycles. The summed E-state index contributed by atoms with van der Waals surface area (Å²) in [5.74, 6) is 2.22. The third kappa shape index (κ3) is 2.18. The van der Waals surface area contributed by atoms with Crippen LogP contribution < -0.4 is 20.8 Å². The summed E-state index contributed by atoms with van der Waals surface area (Å²) in [6, 6.07) is 11.1. The zero-order valence-corrected chi connectivity index (χ0v) is 13.4. The fraction of sp³-hybridized carbons (Fsp3) is 0.158. The second-order valence-electron chi connectivity index (χ2n) is 6.20. The van der Waals surface area contributed by atoms with E-state index in [1.165, 1.54) is 0 Å². The van der Waals surface area contributed by atoms with E-state index in [4.69, 9.17) is 20.2 Å². The van der Waals surface area contributed by atoms with E-state index in [9.17, 15) is 4.79 Å². The summed E-state index contributed by atoms with van der Waals surface area (Å²) in [4.78, 5) is 17.4. The van der Waals surface area contributed by atoms with Gasteiger partial charge in [0.15, 0.2) is 11.5 Å². The quantitative estimate of drug-likeness (QED) is 0.693. The largest absolute Gasteiger partial charge is 0.454 e. The summed E-state index contributed by atoms with van der Waals surface area (Å²) in [6.45, 7) is 0.881. The Morgan fingerprint density at radius 3 is 2.92 bits per heavy atom. The van der Waals surface area contributed by atoms with Crippen LogP contribution in [0.5, 0.6) is 11.5 Å². The number of nitrogens with two attached hydrogens (primary N) is 1. The van der Waals surface area contributed by atoms with E-state index in [0.717, 1.165) is 34.9 Å². The molecule has 0 amide bonds. The van der Waals surface area contributed by atoms with Crippen LogP contribution in [0.25, 0.3) is 22.6 Å². The second kappa shape index (κ2) is 5.11. The molecule has 6 nitrogen and oxygen atoms in total. The lowest BCUT2D eigenvalue weighted by molar-refractivity contribution is 0.174. The Bertz CT molecular complexity index is 1110. The average molecular weight is 333 g/mol. The zero-order chi connectivity index (χ0) is 17.0. The monoisotopic (exact) mass is 333 g/mol. The van der Waals surface area contributed by atoms with Crippen molar-refractivity contribution in [3.63, 3.8) is 0 Å². The van der Waals surface area contributed by atoms with E-state index in [0.29, 0.717) is 23.1 Å². The van der Waals surface area contributed by atoms with Gasteiger partial charge in [-0.1, -0.05) is 6.07 Å². The highest BCUT2D eigenvalue weighted by atomic mass is 16.7. The molecule has 3 heterocycles. The molecule has 2 N–H and O–H groups in total. The Balaban J connectivity index is 1.64. The Labute approximate surface area is 143 Å². The molecule has 6 heteroatoms. The molecule has 0 fully saturated rings. The van der Waals surface area contributed by atoms with Gasteiger partial charge >= 0.3 is 0 Å². The van der Waals surface area contributed by atoms with Gasteiger partial charge in [0.1, 0.15) is 5.82 Å². The van der Waals surface area contributed by atoms with Gasteiger partial charge in [-0.2, -0.15) is 0 Å². The Hall–Kier alpha value is -3.28. The second-order valence-corrected chi connectivity index (χ2v) is 6.20. The number of nitrogens with zero attached hydrogens (tertiary/aromatic N) is 2. The summed E-state index contributed by atoms with van der Waals surface area (Å²) in [5.41, 5.74) is 9.04. The smallest absolute Gasteiger partial charge is 0.261 e. The van der Waals surface area contributed by atoms with Crippen molar-refractivity contribution in [2.45, 2.75) is 13.0 Å². The van der Waals surface area contributed by atoms with Crippen molar-refractivity contribution in [1.29, 1.82) is 0 Å². The van der Waals surface area contributed by atoms with Gasteiger partial charge in [-0.25, -0.2) is 4.98 Å². The van der Waals surface area contributed by atoms with E-state index in [-0.39, 0.29) is 12.4 Å². The van der Waals surface area contributed by atoms with Crippen LogP contribution in [0.2, 0.25) is 0 Å². The molecule has 0 aliphatic carbocycles. The fourth-order valence-corrected chi connectivity index (χ4v) is 3.38. The Kier molecular flexibility index (Phi) is 2.88. The average Bonchev–Trinajstić information content (AvgIpc) is 3.23. The van der Waals surface area contributed by atoms with E-state index < -0.39 is 0 Å². The molecule has 0 spiro atoms. The van der Waals surface area contributed by atoms with Crippen molar-refractivity contribution < 1.29 is 9.47 Å². The molecule has 124 valence electrons. The van der Waals surface area contributed by atoms with Crippen molar-refractivity contribution in [2.24, 2.45) is 0 Å². The number of hydrogen-bond acceptors (Lipinski definition) is 5. The highest BCUT2D eigenvalue weighted by Gasteiger charge is 2.21. The van der Waals surface area contributed by atoms with Crippen LogP contribution >= 0.6 is 0 Å². The number of fused-ring (bicyclic) bond motifs is 3. The number of rotatable bonds is 1. The van der Waals surface area contributed by atoms with Gasteiger partial charge in [0.2, 0.25) is 6.79 Å². The number of aromatic nitrogens is 2. The minimum absolute atomic E-state index is 0.0404. The molecule has 0 radical (unpaired) electrons. The van der Waals surface area contributed by atoms with Crippen molar-refractivity contribution >= 4 is 28.2 Å². The zero-order valence-electron chi connectivity index (χ0n) is 13.4. The molecule has 0 atom stereocenters. The highest BCUT2D eigenvalue weighted by molar-refractivity contribution is 5.86. The first-order chi connectivity index (χ1) is 12.2. The summed E-state index contributed by atoms with van der Waals surface area (Å²) in [5, 5.41) is 0.563. The topological polar surface area (TPSA) is 79.4 Å². The van der Waals surface area contributed by atoms with Crippen molar-refractivity contribution in [3.05, 3.63) is 58.1 Å². The third-order valence-electron chi connectivity index (χ3n) is 4.61. The Morgan fingerprint density at radius 1 is 1.12 bits per heavy atom. The van der Waals surface area contributed by atoms with Gasteiger partial charge in [0, 0.05) is 12.2 Å². The van der Waals surface area contributed by atoms with Gasteiger partial charge < -0.3 is 15.2 Å². The van der Waals surface area contributed by atoms with Gasteiger partial charge in [0.25, 0.3) is 5.56 Å². The first-order valence-electron chi connectivity index (χ1n) is 8.10. The van der Waals surface area contributed by atoms with Gasteiger partial charge in [-0.05, 0) is 54.0 Å². The normalized spacial score (nSPS) is 16.6. The summed E-state index contributed by atoms with van der Waals surface area (Å²) < 4.78 is 12.5. The van der Waals surface area contributed by atoms with E-state index in [2.05, 4.69) is 6.08 Å². The minimum Gasteiger partial charge on any atom is -0.454 e. The standard InChI is InChI=1S/C19H15N3O3/c20-13-2-3-15-14(9-13)19(23)22-6-5-12(18(22)21-15)7-11-1-4-16-17(8-11)25-10-24-16/h1-4,7-9H,5-6,10,20H2/b12-7-. The van der Waals surface area contributed by atoms with E-state index >= 15 is 0 Å². The molecule has 1 aromatic heterocycles. The molecule has 2 aliphatic heterocycles. The predicted octanol–water partition coefficient (Wildman–Crippen LogP) is 2.65.